The van der Waals surface area contributed by atoms with Gasteiger partial charge in [-0.2, -0.15) is 0 Å². The Balaban J connectivity index is 1.33. The van der Waals surface area contributed by atoms with Crippen molar-refractivity contribution in [3.8, 4) is 5.75 Å². The Morgan fingerprint density at radius 1 is 1.03 bits per heavy atom. The van der Waals surface area contributed by atoms with Gasteiger partial charge in [0.2, 0.25) is 0 Å². The van der Waals surface area contributed by atoms with Gasteiger partial charge >= 0.3 is 0 Å². The van der Waals surface area contributed by atoms with Gasteiger partial charge in [0, 0.05) is 35.2 Å². The molecular weight excluding hydrogens is 468 g/mol. The number of carbonyl (C=O) groups is 2. The number of aromatic nitrogens is 1. The number of ether oxygens (including phenoxy) is 1. The van der Waals surface area contributed by atoms with E-state index in [2.05, 4.69) is 15.6 Å². The minimum Gasteiger partial charge on any atom is -0.486 e. The smallest absolute Gasteiger partial charge is 0.271 e. The van der Waals surface area contributed by atoms with Crippen LogP contribution in [0, 0.1) is 17.0 Å². The van der Waals surface area contributed by atoms with Gasteiger partial charge in [-0.3, -0.25) is 19.7 Å². The minimum atomic E-state index is -0.507. The lowest BCUT2D eigenvalue weighted by molar-refractivity contribution is -0.384. The maximum atomic E-state index is 12.9. The summed E-state index contributed by atoms with van der Waals surface area (Å²) in [6.45, 7) is 2.28. The highest BCUT2D eigenvalue weighted by Gasteiger charge is 2.29. The Morgan fingerprint density at radius 3 is 2.29 bits per heavy atom. The van der Waals surface area contributed by atoms with Crippen LogP contribution in [0.2, 0.25) is 0 Å². The largest absolute Gasteiger partial charge is 0.486 e. The summed E-state index contributed by atoms with van der Waals surface area (Å²) >= 11 is 1.36. The Labute approximate surface area is 206 Å². The topological polar surface area (TPSA) is 123 Å². The van der Waals surface area contributed by atoms with E-state index < -0.39 is 4.92 Å². The van der Waals surface area contributed by atoms with Gasteiger partial charge in [0.15, 0.2) is 0 Å². The summed E-state index contributed by atoms with van der Waals surface area (Å²) in [4.78, 5) is 40.3. The lowest BCUT2D eigenvalue weighted by Crippen LogP contribution is -2.53. The molecule has 0 radical (unpaired) electrons. The molecule has 1 heterocycles. The number of nitro groups is 1. The van der Waals surface area contributed by atoms with Gasteiger partial charge in [-0.15, -0.1) is 11.3 Å². The summed E-state index contributed by atoms with van der Waals surface area (Å²) in [7, 11) is 0. The van der Waals surface area contributed by atoms with Crippen LogP contribution in [0.4, 0.5) is 5.69 Å². The second kappa shape index (κ2) is 11.1. The molecule has 2 atom stereocenters. The molecule has 1 aromatic heterocycles. The molecule has 35 heavy (non-hydrogen) atoms. The maximum absolute atomic E-state index is 12.9. The zero-order valence-corrected chi connectivity index (χ0v) is 20.0. The van der Waals surface area contributed by atoms with Gasteiger partial charge in [-0.1, -0.05) is 30.5 Å². The molecule has 1 aliphatic rings. The summed E-state index contributed by atoms with van der Waals surface area (Å²) in [6.07, 6.45) is 3.36. The van der Waals surface area contributed by atoms with E-state index in [9.17, 15) is 19.7 Å². The maximum Gasteiger partial charge on any atom is 0.271 e. The molecule has 4 rings (SSSR count). The highest BCUT2D eigenvalue weighted by Crippen LogP contribution is 2.21. The van der Waals surface area contributed by atoms with Crippen molar-refractivity contribution in [2.45, 2.75) is 51.3 Å². The number of nitrogens with one attached hydrogen (secondary N) is 2. The van der Waals surface area contributed by atoms with E-state index in [1.807, 2.05) is 31.2 Å². The van der Waals surface area contributed by atoms with Gasteiger partial charge in [0.1, 0.15) is 23.1 Å². The van der Waals surface area contributed by atoms with Gasteiger partial charge in [0.25, 0.3) is 17.5 Å². The molecule has 10 heteroatoms. The molecular formula is C25H26N4O5S. The third kappa shape index (κ3) is 6.42. The van der Waals surface area contributed by atoms with Crippen LogP contribution in [0.3, 0.4) is 0 Å². The first kappa shape index (κ1) is 24.3. The summed E-state index contributed by atoms with van der Waals surface area (Å²) < 4.78 is 5.74. The molecule has 182 valence electrons. The van der Waals surface area contributed by atoms with Crippen molar-refractivity contribution in [3.63, 3.8) is 0 Å². The van der Waals surface area contributed by atoms with Crippen LogP contribution in [-0.2, 0) is 6.61 Å². The number of aryl methyl sites for hydroxylation is 1. The lowest BCUT2D eigenvalue weighted by atomic mass is 9.90. The fourth-order valence-corrected chi connectivity index (χ4v) is 4.65. The predicted octanol–water partition coefficient (Wildman–Crippen LogP) is 4.41. The lowest BCUT2D eigenvalue weighted by Gasteiger charge is -2.32. The second-order valence-corrected chi connectivity index (χ2v) is 9.42. The molecule has 1 saturated carbocycles. The molecule has 3 aromatic rings. The number of carbonyl (C=O) groups excluding carboxylic acids is 2. The molecule has 0 unspecified atom stereocenters. The summed E-state index contributed by atoms with van der Waals surface area (Å²) in [5.74, 6) is 0.130. The third-order valence-corrected chi connectivity index (χ3v) is 6.73. The van der Waals surface area contributed by atoms with E-state index in [0.717, 1.165) is 37.0 Å². The summed E-state index contributed by atoms with van der Waals surface area (Å²) in [5.41, 5.74) is 1.74. The molecule has 2 N–H and O–H groups in total. The molecule has 1 aliphatic carbocycles. The summed E-state index contributed by atoms with van der Waals surface area (Å²) in [5, 5.41) is 19.2. The number of thiazole rings is 1. The van der Waals surface area contributed by atoms with Crippen molar-refractivity contribution < 1.29 is 19.2 Å². The number of non-ortho nitro benzene ring substituents is 1. The van der Waals surface area contributed by atoms with E-state index in [1.165, 1.54) is 35.6 Å². The van der Waals surface area contributed by atoms with Crippen LogP contribution < -0.4 is 15.4 Å². The van der Waals surface area contributed by atoms with Crippen molar-refractivity contribution in [2.75, 3.05) is 0 Å². The zero-order chi connectivity index (χ0) is 24.8. The highest BCUT2D eigenvalue weighted by molar-refractivity contribution is 7.09. The molecule has 0 spiro atoms. The first-order valence-electron chi connectivity index (χ1n) is 11.4. The first-order chi connectivity index (χ1) is 16.9. The van der Waals surface area contributed by atoms with E-state index in [-0.39, 0.29) is 36.2 Å². The van der Waals surface area contributed by atoms with Gasteiger partial charge < -0.3 is 15.4 Å². The normalized spacial score (nSPS) is 17.4. The minimum absolute atomic E-state index is 0.0729. The summed E-state index contributed by atoms with van der Waals surface area (Å²) in [6, 6.07) is 12.7. The van der Waals surface area contributed by atoms with Crippen molar-refractivity contribution in [1.29, 1.82) is 0 Å². The fraction of sp³-hybridized carbons (Fsp3) is 0.320. The number of hydrogen-bond donors (Lipinski definition) is 2. The van der Waals surface area contributed by atoms with Crippen LogP contribution in [0.5, 0.6) is 5.75 Å². The van der Waals surface area contributed by atoms with E-state index >= 15 is 0 Å². The van der Waals surface area contributed by atoms with Crippen LogP contribution in [0.1, 0.15) is 57.1 Å². The first-order valence-corrected chi connectivity index (χ1v) is 12.3. The van der Waals surface area contributed by atoms with E-state index in [1.54, 1.807) is 5.38 Å². The Kier molecular flexibility index (Phi) is 7.71. The average Bonchev–Trinajstić information content (AvgIpc) is 3.34. The Morgan fingerprint density at radius 2 is 1.66 bits per heavy atom. The van der Waals surface area contributed by atoms with E-state index in [4.69, 9.17) is 4.74 Å². The standard InChI is InChI=1S/C25H26N4O5S/c1-16-6-12-19(13-7-16)34-14-23-26-22(15-35-23)25(31)28-21-5-3-2-4-20(21)27-24(30)17-8-10-18(11-9-17)29(32)33/h6-13,15,20-21H,2-5,14H2,1H3,(H,27,30)(H,28,31)/t20-,21-/m0/s1. The number of nitro benzene ring substituents is 1. The zero-order valence-electron chi connectivity index (χ0n) is 19.2. The van der Waals surface area contributed by atoms with Crippen LogP contribution in [-0.4, -0.2) is 33.8 Å². The molecule has 1 fully saturated rings. The van der Waals surface area contributed by atoms with Crippen molar-refractivity contribution in [2.24, 2.45) is 0 Å². The monoisotopic (exact) mass is 494 g/mol. The van der Waals surface area contributed by atoms with Gasteiger partial charge in [-0.25, -0.2) is 4.98 Å². The number of hydrogen-bond acceptors (Lipinski definition) is 7. The highest BCUT2D eigenvalue weighted by atomic mass is 32.1. The van der Waals surface area contributed by atoms with Crippen molar-refractivity contribution in [3.05, 3.63) is 85.9 Å². The van der Waals surface area contributed by atoms with Crippen molar-refractivity contribution in [1.82, 2.24) is 15.6 Å². The fourth-order valence-electron chi connectivity index (χ4n) is 3.97. The number of rotatable bonds is 8. The number of benzene rings is 2. The quantitative estimate of drug-likeness (QED) is 0.353. The molecule has 9 nitrogen and oxygen atoms in total. The van der Waals surface area contributed by atoms with Crippen LogP contribution >= 0.6 is 11.3 Å². The molecule has 2 amide bonds. The Bertz CT molecular complexity index is 1190. The van der Waals surface area contributed by atoms with Crippen LogP contribution in [0.25, 0.3) is 0 Å². The Hall–Kier alpha value is -3.79. The number of nitrogens with zero attached hydrogens (tertiary/aromatic N) is 2. The molecule has 2 aromatic carbocycles. The third-order valence-electron chi connectivity index (χ3n) is 5.91. The van der Waals surface area contributed by atoms with Gasteiger partial charge in [-0.05, 0) is 44.0 Å². The molecule has 0 saturated heterocycles. The van der Waals surface area contributed by atoms with Crippen LogP contribution in [0.15, 0.2) is 53.9 Å². The van der Waals surface area contributed by atoms with Crippen molar-refractivity contribution >= 4 is 28.8 Å². The average molecular weight is 495 g/mol. The second-order valence-electron chi connectivity index (χ2n) is 8.48. The predicted molar refractivity (Wildman–Crippen MR) is 132 cm³/mol. The number of amides is 2. The molecule has 0 aliphatic heterocycles. The van der Waals surface area contributed by atoms with E-state index in [0.29, 0.717) is 16.3 Å². The van der Waals surface area contributed by atoms with Gasteiger partial charge in [0.05, 0.1) is 4.92 Å². The molecule has 0 bridgehead atoms. The SMILES string of the molecule is Cc1ccc(OCc2nc(C(=O)N[C@H]3CCCC[C@@H]3NC(=O)c3ccc([N+](=O)[O-])cc3)cs2)cc1.